The van der Waals surface area contributed by atoms with Crippen molar-refractivity contribution in [3.05, 3.63) is 65.7 Å². The molecule has 0 saturated carbocycles. The van der Waals surface area contributed by atoms with Crippen LogP contribution >= 0.6 is 0 Å². The number of tetrazole rings is 1. The number of aryl methyl sites for hydroxylation is 1. The van der Waals surface area contributed by atoms with Gasteiger partial charge in [0.15, 0.2) is 0 Å². The summed E-state index contributed by atoms with van der Waals surface area (Å²) >= 11 is 0. The average molecular weight is 431 g/mol. The van der Waals surface area contributed by atoms with Crippen LogP contribution in [0.1, 0.15) is 36.8 Å². The standard InChI is InChI=1S/C24H25N5O3/c30-22(31)9-4-14-29-27-23(26-28-29)18-6-3-5-17(15-18)20-16-24(10-12-25-13-11-24)32-21-8-2-1-7-19(20)21/h1-3,5-8,15-16,25H,4,9-14H2,(H,30,31). The van der Waals surface area contributed by atoms with Crippen LogP contribution in [0.3, 0.4) is 0 Å². The van der Waals surface area contributed by atoms with Gasteiger partial charge in [0.2, 0.25) is 5.82 Å². The van der Waals surface area contributed by atoms with Crippen molar-refractivity contribution in [2.24, 2.45) is 0 Å². The first kappa shape index (κ1) is 20.4. The number of benzene rings is 2. The maximum atomic E-state index is 10.7. The van der Waals surface area contributed by atoms with Crippen molar-refractivity contribution in [1.29, 1.82) is 0 Å². The highest BCUT2D eigenvalue weighted by molar-refractivity contribution is 5.86. The number of carboxylic acid groups (broad SMARTS) is 1. The molecule has 0 amide bonds. The van der Waals surface area contributed by atoms with Gasteiger partial charge in [-0.25, -0.2) is 0 Å². The lowest BCUT2D eigenvalue weighted by Gasteiger charge is -2.40. The summed E-state index contributed by atoms with van der Waals surface area (Å²) in [4.78, 5) is 12.2. The second-order valence-corrected chi connectivity index (χ2v) is 8.26. The second kappa shape index (κ2) is 8.55. The number of carboxylic acids is 1. The third-order valence-corrected chi connectivity index (χ3v) is 5.98. The fraction of sp³-hybridized carbons (Fsp3) is 0.333. The van der Waals surface area contributed by atoms with Crippen LogP contribution < -0.4 is 10.1 Å². The van der Waals surface area contributed by atoms with Crippen molar-refractivity contribution < 1.29 is 14.6 Å². The predicted molar refractivity (Wildman–Crippen MR) is 119 cm³/mol. The molecule has 3 aromatic rings. The molecule has 2 aliphatic rings. The highest BCUT2D eigenvalue weighted by atomic mass is 16.5. The highest BCUT2D eigenvalue weighted by Gasteiger charge is 2.37. The molecule has 164 valence electrons. The topological polar surface area (TPSA) is 102 Å². The number of hydrogen-bond acceptors (Lipinski definition) is 6. The zero-order valence-electron chi connectivity index (χ0n) is 17.7. The summed E-state index contributed by atoms with van der Waals surface area (Å²) < 4.78 is 6.49. The van der Waals surface area contributed by atoms with Crippen LogP contribution in [0.5, 0.6) is 5.75 Å². The van der Waals surface area contributed by atoms with Crippen LogP contribution in [0.2, 0.25) is 0 Å². The Morgan fingerprint density at radius 2 is 1.94 bits per heavy atom. The van der Waals surface area contributed by atoms with Crippen LogP contribution in [0.4, 0.5) is 0 Å². The zero-order valence-corrected chi connectivity index (χ0v) is 17.7. The Morgan fingerprint density at radius 1 is 1.12 bits per heavy atom. The minimum Gasteiger partial charge on any atom is -0.482 e. The van der Waals surface area contributed by atoms with Crippen molar-refractivity contribution in [2.75, 3.05) is 13.1 Å². The molecule has 0 unspecified atom stereocenters. The average Bonchev–Trinajstić information content (AvgIpc) is 3.28. The Bertz CT molecular complexity index is 1160. The van der Waals surface area contributed by atoms with Gasteiger partial charge in [-0.15, -0.1) is 10.2 Å². The third-order valence-electron chi connectivity index (χ3n) is 5.98. The number of carbonyl (C=O) groups is 1. The molecule has 2 aliphatic heterocycles. The van der Waals surface area contributed by atoms with E-state index in [0.29, 0.717) is 18.8 Å². The van der Waals surface area contributed by atoms with Gasteiger partial charge in [0.05, 0.1) is 6.54 Å². The molecule has 5 rings (SSSR count). The smallest absolute Gasteiger partial charge is 0.303 e. The number of fused-ring (bicyclic) bond motifs is 1. The summed E-state index contributed by atoms with van der Waals surface area (Å²) in [7, 11) is 0. The van der Waals surface area contributed by atoms with Gasteiger partial charge in [-0.2, -0.15) is 4.80 Å². The maximum absolute atomic E-state index is 10.7. The van der Waals surface area contributed by atoms with E-state index in [1.807, 2.05) is 30.3 Å². The number of rotatable bonds is 6. The van der Waals surface area contributed by atoms with Gasteiger partial charge in [0.1, 0.15) is 11.4 Å². The zero-order chi connectivity index (χ0) is 22.0. The van der Waals surface area contributed by atoms with E-state index in [-0.39, 0.29) is 12.0 Å². The van der Waals surface area contributed by atoms with Gasteiger partial charge in [-0.3, -0.25) is 4.79 Å². The number of nitrogens with one attached hydrogen (secondary N) is 1. The SMILES string of the molecule is O=C(O)CCCn1nnc(-c2cccc(C3=CC4(CCNCC4)Oc4ccccc43)c2)n1. The van der Waals surface area contributed by atoms with Crippen molar-refractivity contribution in [1.82, 2.24) is 25.5 Å². The Morgan fingerprint density at radius 3 is 2.78 bits per heavy atom. The number of nitrogens with zero attached hydrogens (tertiary/aromatic N) is 4. The van der Waals surface area contributed by atoms with E-state index in [4.69, 9.17) is 9.84 Å². The molecule has 1 fully saturated rings. The molecule has 8 heteroatoms. The minimum absolute atomic E-state index is 0.0826. The second-order valence-electron chi connectivity index (χ2n) is 8.26. The lowest BCUT2D eigenvalue weighted by atomic mass is 9.83. The first-order valence-corrected chi connectivity index (χ1v) is 10.9. The Balaban J connectivity index is 1.47. The molecule has 32 heavy (non-hydrogen) atoms. The molecule has 3 heterocycles. The molecular formula is C24H25N5O3. The quantitative estimate of drug-likeness (QED) is 0.618. The summed E-state index contributed by atoms with van der Waals surface area (Å²) in [6, 6.07) is 16.3. The summed E-state index contributed by atoms with van der Waals surface area (Å²) in [5.74, 6) is 0.620. The monoisotopic (exact) mass is 431 g/mol. The van der Waals surface area contributed by atoms with Gasteiger partial charge in [-0.1, -0.05) is 36.4 Å². The van der Waals surface area contributed by atoms with Crippen molar-refractivity contribution in [2.45, 2.75) is 37.8 Å². The van der Waals surface area contributed by atoms with Crippen LogP contribution in [-0.4, -0.2) is 50.0 Å². The molecule has 1 aromatic heterocycles. The molecule has 0 bridgehead atoms. The van der Waals surface area contributed by atoms with Gasteiger partial charge in [-0.05, 0) is 54.1 Å². The Hall–Kier alpha value is -3.52. The van der Waals surface area contributed by atoms with E-state index in [0.717, 1.165) is 53.9 Å². The normalized spacial score (nSPS) is 16.8. The van der Waals surface area contributed by atoms with Gasteiger partial charge in [0, 0.05) is 30.4 Å². The van der Waals surface area contributed by atoms with Crippen LogP contribution in [-0.2, 0) is 11.3 Å². The van der Waals surface area contributed by atoms with E-state index >= 15 is 0 Å². The van der Waals surface area contributed by atoms with Crippen molar-refractivity contribution in [3.8, 4) is 17.1 Å². The molecule has 0 aliphatic carbocycles. The van der Waals surface area contributed by atoms with Crippen LogP contribution in [0, 0.1) is 0 Å². The first-order chi connectivity index (χ1) is 15.6. The van der Waals surface area contributed by atoms with Gasteiger partial charge < -0.3 is 15.2 Å². The number of ether oxygens (including phenoxy) is 1. The lowest BCUT2D eigenvalue weighted by molar-refractivity contribution is -0.137. The van der Waals surface area contributed by atoms with E-state index in [1.54, 1.807) is 0 Å². The Kier molecular flexibility index (Phi) is 5.45. The van der Waals surface area contributed by atoms with E-state index in [1.165, 1.54) is 4.80 Å². The summed E-state index contributed by atoms with van der Waals surface area (Å²) in [6.45, 7) is 2.28. The van der Waals surface area contributed by atoms with Crippen molar-refractivity contribution >= 4 is 11.5 Å². The molecule has 2 N–H and O–H groups in total. The largest absolute Gasteiger partial charge is 0.482 e. The Labute approximate surface area is 185 Å². The summed E-state index contributed by atoms with van der Waals surface area (Å²) in [5, 5.41) is 24.9. The number of piperidine rings is 1. The van der Waals surface area contributed by atoms with Crippen LogP contribution in [0.15, 0.2) is 54.6 Å². The summed E-state index contributed by atoms with van der Waals surface area (Å²) in [5.41, 5.74) is 3.90. The van der Waals surface area contributed by atoms with E-state index < -0.39 is 5.97 Å². The summed E-state index contributed by atoms with van der Waals surface area (Å²) in [6.07, 6.45) is 4.68. The highest BCUT2D eigenvalue weighted by Crippen LogP contribution is 2.42. The number of para-hydroxylation sites is 1. The fourth-order valence-corrected chi connectivity index (χ4v) is 4.35. The van der Waals surface area contributed by atoms with Crippen molar-refractivity contribution in [3.63, 3.8) is 0 Å². The lowest BCUT2D eigenvalue weighted by Crippen LogP contribution is -2.46. The molecule has 8 nitrogen and oxygen atoms in total. The molecule has 2 aromatic carbocycles. The third kappa shape index (κ3) is 4.13. The molecule has 1 spiro atoms. The van der Waals surface area contributed by atoms with Gasteiger partial charge >= 0.3 is 5.97 Å². The van der Waals surface area contributed by atoms with Crippen LogP contribution in [0.25, 0.3) is 17.0 Å². The molecular weight excluding hydrogens is 406 g/mol. The molecule has 0 radical (unpaired) electrons. The number of hydrogen-bond donors (Lipinski definition) is 2. The number of aromatic nitrogens is 4. The number of aliphatic carboxylic acids is 1. The maximum Gasteiger partial charge on any atom is 0.303 e. The molecule has 1 saturated heterocycles. The first-order valence-electron chi connectivity index (χ1n) is 10.9. The minimum atomic E-state index is -0.824. The fourth-order valence-electron chi connectivity index (χ4n) is 4.35. The van der Waals surface area contributed by atoms with E-state index in [9.17, 15) is 4.79 Å². The molecule has 0 atom stereocenters. The predicted octanol–water partition coefficient (Wildman–Crippen LogP) is 3.15. The van der Waals surface area contributed by atoms with E-state index in [2.05, 4.69) is 45.0 Å². The van der Waals surface area contributed by atoms with Gasteiger partial charge in [0.25, 0.3) is 0 Å².